The summed E-state index contributed by atoms with van der Waals surface area (Å²) < 4.78 is 4.87. The highest BCUT2D eigenvalue weighted by Gasteiger charge is 2.30. The maximum Gasteiger partial charge on any atom is 0.337 e. The van der Waals surface area contributed by atoms with Crippen molar-refractivity contribution >= 4 is 11.9 Å². The van der Waals surface area contributed by atoms with Crippen molar-refractivity contribution in [2.24, 2.45) is 0 Å². The summed E-state index contributed by atoms with van der Waals surface area (Å²) in [6.07, 6.45) is -1.49. The van der Waals surface area contributed by atoms with E-state index in [1.165, 1.54) is 0 Å². The summed E-state index contributed by atoms with van der Waals surface area (Å²) in [5, 5.41) is 13.0. The van der Waals surface area contributed by atoms with Gasteiger partial charge in [0.2, 0.25) is 0 Å². The molecule has 0 aliphatic heterocycles. The second-order valence-electron chi connectivity index (χ2n) is 5.43. The number of aliphatic hydroxyl groups is 1. The van der Waals surface area contributed by atoms with Crippen molar-refractivity contribution in [3.8, 4) is 0 Å². The molecule has 2 unspecified atom stereocenters. The second-order valence-corrected chi connectivity index (χ2v) is 5.43. The third kappa shape index (κ3) is 4.43. The van der Waals surface area contributed by atoms with Crippen molar-refractivity contribution in [1.82, 2.24) is 5.32 Å². The van der Waals surface area contributed by atoms with Crippen LogP contribution in [0.15, 0.2) is 54.6 Å². The molecule has 0 saturated heterocycles. The minimum absolute atomic E-state index is 0.156. The highest BCUT2D eigenvalue weighted by atomic mass is 16.5. The van der Waals surface area contributed by atoms with E-state index in [0.29, 0.717) is 11.1 Å². The first kappa shape index (κ1) is 17.7. The van der Waals surface area contributed by atoms with Gasteiger partial charge in [-0.15, -0.1) is 0 Å². The predicted octanol–water partition coefficient (Wildman–Crippen LogP) is 2.39. The summed E-state index contributed by atoms with van der Waals surface area (Å²) in [5.74, 6) is -1.13. The quantitative estimate of drug-likeness (QED) is 0.799. The van der Waals surface area contributed by atoms with Gasteiger partial charge in [0.05, 0.1) is 12.6 Å². The summed E-state index contributed by atoms with van der Waals surface area (Å²) in [6, 6.07) is 15.1. The molecule has 0 saturated carbocycles. The second kappa shape index (κ2) is 8.26. The average Bonchev–Trinajstić information content (AvgIpc) is 2.60. The Labute approximate surface area is 141 Å². The molecule has 0 heterocycles. The number of carbonyl (C=O) groups is 2. The van der Waals surface area contributed by atoms with Crippen LogP contribution in [0.5, 0.6) is 0 Å². The van der Waals surface area contributed by atoms with Crippen molar-refractivity contribution in [2.75, 3.05) is 6.61 Å². The van der Waals surface area contributed by atoms with Crippen molar-refractivity contribution in [1.29, 1.82) is 0 Å². The van der Waals surface area contributed by atoms with Crippen molar-refractivity contribution in [2.45, 2.75) is 26.0 Å². The molecule has 2 N–H and O–H groups in total. The van der Waals surface area contributed by atoms with Gasteiger partial charge in [0.1, 0.15) is 0 Å². The largest absolute Gasteiger partial charge is 0.464 e. The summed E-state index contributed by atoms with van der Waals surface area (Å²) in [7, 11) is 0. The van der Waals surface area contributed by atoms with E-state index < -0.39 is 18.1 Å². The lowest BCUT2D eigenvalue weighted by Crippen LogP contribution is -2.41. The fourth-order valence-electron chi connectivity index (χ4n) is 2.38. The van der Waals surface area contributed by atoms with Crippen LogP contribution in [0.3, 0.4) is 0 Å². The molecular weight excluding hydrogens is 306 g/mol. The van der Waals surface area contributed by atoms with Gasteiger partial charge in [-0.2, -0.15) is 0 Å². The highest BCUT2D eigenvalue weighted by Crippen LogP contribution is 2.19. The number of benzene rings is 2. The molecular formula is C19H21NO4. The molecule has 2 aromatic carbocycles. The number of ether oxygens (including phenoxy) is 1. The van der Waals surface area contributed by atoms with E-state index in [1.54, 1.807) is 49.4 Å². The van der Waals surface area contributed by atoms with Crippen LogP contribution in [0.4, 0.5) is 0 Å². The van der Waals surface area contributed by atoms with Gasteiger partial charge in [-0.3, -0.25) is 4.79 Å². The first-order valence-corrected chi connectivity index (χ1v) is 7.80. The number of rotatable bonds is 6. The number of esters is 1. The van der Waals surface area contributed by atoms with Crippen LogP contribution in [0.2, 0.25) is 0 Å². The number of aliphatic hydroxyl groups excluding tert-OH is 1. The first-order chi connectivity index (χ1) is 11.5. The Hall–Kier alpha value is -2.66. The molecule has 2 rings (SSSR count). The number of aryl methyl sites for hydroxylation is 1. The Bertz CT molecular complexity index is 700. The van der Waals surface area contributed by atoms with E-state index in [1.807, 2.05) is 19.1 Å². The molecule has 0 fully saturated rings. The molecule has 2 aromatic rings. The molecule has 0 bridgehead atoms. The SMILES string of the molecule is CCOC(=O)C(O)C(NC(=O)c1cccc(C)c1)c1ccccc1. The van der Waals surface area contributed by atoms with Gasteiger partial charge < -0.3 is 15.2 Å². The van der Waals surface area contributed by atoms with E-state index in [-0.39, 0.29) is 12.5 Å². The van der Waals surface area contributed by atoms with Crippen molar-refractivity contribution < 1.29 is 19.4 Å². The van der Waals surface area contributed by atoms with Gasteiger partial charge in [0.25, 0.3) is 5.91 Å². The fraction of sp³-hybridized carbons (Fsp3) is 0.263. The van der Waals surface area contributed by atoms with E-state index in [4.69, 9.17) is 4.74 Å². The topological polar surface area (TPSA) is 75.6 Å². The predicted molar refractivity (Wildman–Crippen MR) is 90.5 cm³/mol. The summed E-state index contributed by atoms with van der Waals surface area (Å²) in [4.78, 5) is 24.4. The smallest absolute Gasteiger partial charge is 0.337 e. The third-order valence-corrected chi connectivity index (χ3v) is 3.57. The number of hydrogen-bond acceptors (Lipinski definition) is 4. The van der Waals surface area contributed by atoms with Gasteiger partial charge in [0, 0.05) is 5.56 Å². The monoisotopic (exact) mass is 327 g/mol. The molecule has 1 amide bonds. The van der Waals surface area contributed by atoms with Crippen LogP contribution in [-0.2, 0) is 9.53 Å². The molecule has 0 aliphatic carbocycles. The van der Waals surface area contributed by atoms with E-state index in [0.717, 1.165) is 5.56 Å². The Kier molecular flexibility index (Phi) is 6.09. The fourth-order valence-corrected chi connectivity index (χ4v) is 2.38. The Morgan fingerprint density at radius 1 is 1.12 bits per heavy atom. The number of nitrogens with one attached hydrogen (secondary N) is 1. The van der Waals surface area contributed by atoms with Crippen LogP contribution in [0, 0.1) is 6.92 Å². The zero-order chi connectivity index (χ0) is 17.5. The standard InChI is InChI=1S/C19H21NO4/c1-3-24-19(23)17(21)16(14-9-5-4-6-10-14)20-18(22)15-11-7-8-13(2)12-15/h4-12,16-17,21H,3H2,1-2H3,(H,20,22). The zero-order valence-corrected chi connectivity index (χ0v) is 13.7. The lowest BCUT2D eigenvalue weighted by molar-refractivity contribution is -0.154. The average molecular weight is 327 g/mol. The van der Waals surface area contributed by atoms with Crippen molar-refractivity contribution in [3.05, 3.63) is 71.3 Å². The Morgan fingerprint density at radius 2 is 1.83 bits per heavy atom. The molecule has 0 aliphatic rings. The van der Waals surface area contributed by atoms with Crippen LogP contribution >= 0.6 is 0 Å². The normalized spacial score (nSPS) is 13.0. The number of amides is 1. The third-order valence-electron chi connectivity index (χ3n) is 3.57. The zero-order valence-electron chi connectivity index (χ0n) is 13.7. The summed E-state index contributed by atoms with van der Waals surface area (Å²) >= 11 is 0. The van der Waals surface area contributed by atoms with E-state index >= 15 is 0 Å². The minimum atomic E-state index is -1.49. The van der Waals surface area contributed by atoms with Gasteiger partial charge in [-0.25, -0.2) is 4.79 Å². The van der Waals surface area contributed by atoms with Gasteiger partial charge in [0.15, 0.2) is 6.10 Å². The summed E-state index contributed by atoms with van der Waals surface area (Å²) in [5.41, 5.74) is 2.04. The maximum absolute atomic E-state index is 12.5. The van der Waals surface area contributed by atoms with Crippen LogP contribution < -0.4 is 5.32 Å². The van der Waals surface area contributed by atoms with Gasteiger partial charge >= 0.3 is 5.97 Å². The maximum atomic E-state index is 12.5. The molecule has 0 radical (unpaired) electrons. The molecule has 24 heavy (non-hydrogen) atoms. The van der Waals surface area contributed by atoms with Gasteiger partial charge in [-0.05, 0) is 31.5 Å². The Balaban J connectivity index is 2.26. The number of hydrogen-bond donors (Lipinski definition) is 2. The summed E-state index contributed by atoms with van der Waals surface area (Å²) in [6.45, 7) is 3.70. The lowest BCUT2D eigenvalue weighted by atomic mass is 10.0. The van der Waals surface area contributed by atoms with E-state index in [2.05, 4.69) is 5.32 Å². The van der Waals surface area contributed by atoms with Gasteiger partial charge in [-0.1, -0.05) is 48.0 Å². The minimum Gasteiger partial charge on any atom is -0.464 e. The molecule has 2 atom stereocenters. The van der Waals surface area contributed by atoms with E-state index in [9.17, 15) is 14.7 Å². The van der Waals surface area contributed by atoms with Crippen LogP contribution in [0.25, 0.3) is 0 Å². The molecule has 0 spiro atoms. The highest BCUT2D eigenvalue weighted by molar-refractivity contribution is 5.95. The first-order valence-electron chi connectivity index (χ1n) is 7.80. The molecule has 126 valence electrons. The van der Waals surface area contributed by atoms with Crippen LogP contribution in [-0.4, -0.2) is 29.7 Å². The van der Waals surface area contributed by atoms with Crippen molar-refractivity contribution in [3.63, 3.8) is 0 Å². The van der Waals surface area contributed by atoms with Crippen LogP contribution in [0.1, 0.15) is 34.5 Å². The molecule has 0 aromatic heterocycles. The molecule has 5 nitrogen and oxygen atoms in total. The molecule has 5 heteroatoms. The lowest BCUT2D eigenvalue weighted by Gasteiger charge is -2.23. The Morgan fingerprint density at radius 3 is 2.46 bits per heavy atom. The number of carbonyl (C=O) groups excluding carboxylic acids is 2.